The maximum atomic E-state index is 13.2. The molecule has 0 aliphatic rings. The molecule has 0 unspecified atom stereocenters. The number of fused-ring (bicyclic) bond motifs is 3. The van der Waals surface area contributed by atoms with Crippen molar-refractivity contribution in [2.24, 2.45) is 7.05 Å². The van der Waals surface area contributed by atoms with E-state index in [-0.39, 0.29) is 23.8 Å². The summed E-state index contributed by atoms with van der Waals surface area (Å²) in [6.07, 6.45) is 6.61. The lowest BCUT2D eigenvalue weighted by molar-refractivity contribution is 0.532. The van der Waals surface area contributed by atoms with Gasteiger partial charge in [-0.15, -0.1) is 0 Å². The fourth-order valence-corrected chi connectivity index (χ4v) is 3.77. The molecule has 3 aromatic heterocycles. The summed E-state index contributed by atoms with van der Waals surface area (Å²) in [6, 6.07) is 10.0. The minimum atomic E-state index is -0.368. The van der Waals surface area contributed by atoms with Crippen LogP contribution >= 0.6 is 0 Å². The molecule has 1 atom stereocenters. The van der Waals surface area contributed by atoms with Crippen molar-refractivity contribution in [3.8, 4) is 0 Å². The summed E-state index contributed by atoms with van der Waals surface area (Å²) in [4.78, 5) is 30.7. The van der Waals surface area contributed by atoms with Crippen molar-refractivity contribution >= 4 is 23.0 Å². The van der Waals surface area contributed by atoms with Gasteiger partial charge in [0.25, 0.3) is 5.56 Å². The van der Waals surface area contributed by atoms with Gasteiger partial charge >= 0.3 is 5.69 Å². The predicted octanol–water partition coefficient (Wildman–Crippen LogP) is 3.14. The zero-order valence-electron chi connectivity index (χ0n) is 17.2. The van der Waals surface area contributed by atoms with E-state index in [0.29, 0.717) is 16.9 Å². The number of aryl methyl sites for hydroxylation is 2. The molecular weight excluding hydrogens is 366 g/mol. The Morgan fingerprint density at radius 2 is 1.90 bits per heavy atom. The molecule has 0 saturated heterocycles. The summed E-state index contributed by atoms with van der Waals surface area (Å²) in [5.74, 6) is 0.691. The Morgan fingerprint density at radius 1 is 1.17 bits per heavy atom. The second-order valence-corrected chi connectivity index (χ2v) is 7.42. The van der Waals surface area contributed by atoms with E-state index in [1.165, 1.54) is 9.13 Å². The summed E-state index contributed by atoms with van der Waals surface area (Å²) in [6.45, 7) is 6.45. The van der Waals surface area contributed by atoms with Crippen molar-refractivity contribution < 1.29 is 0 Å². The minimum Gasteiger partial charge on any atom is -0.311 e. The van der Waals surface area contributed by atoms with Gasteiger partial charge in [-0.25, -0.2) is 4.79 Å². The largest absolute Gasteiger partial charge is 0.332 e. The highest BCUT2D eigenvalue weighted by atomic mass is 16.2. The van der Waals surface area contributed by atoms with Crippen LogP contribution in [0, 0.1) is 6.92 Å². The Labute approximate surface area is 168 Å². The molecule has 0 aliphatic carbocycles. The van der Waals surface area contributed by atoms with Crippen LogP contribution in [0.25, 0.3) is 23.0 Å². The van der Waals surface area contributed by atoms with Gasteiger partial charge in [0.15, 0.2) is 11.2 Å². The van der Waals surface area contributed by atoms with Crippen molar-refractivity contribution in [3.63, 3.8) is 0 Å². The van der Waals surface area contributed by atoms with Gasteiger partial charge in [0.2, 0.25) is 5.78 Å². The summed E-state index contributed by atoms with van der Waals surface area (Å²) in [5, 5.41) is 0. The fraction of sp³-hybridized carbons (Fsp3) is 0.318. The average Bonchev–Trinajstić information content (AvgIpc) is 3.23. The van der Waals surface area contributed by atoms with Crippen LogP contribution in [0.1, 0.15) is 37.6 Å². The monoisotopic (exact) mass is 391 g/mol. The molecule has 150 valence electrons. The first-order chi connectivity index (χ1) is 13.9. The smallest absolute Gasteiger partial charge is 0.311 e. The van der Waals surface area contributed by atoms with Crippen LogP contribution < -0.4 is 11.2 Å². The third-order valence-corrected chi connectivity index (χ3v) is 5.50. The highest BCUT2D eigenvalue weighted by Crippen LogP contribution is 2.22. The van der Waals surface area contributed by atoms with Crippen molar-refractivity contribution in [2.45, 2.75) is 39.8 Å². The first kappa shape index (κ1) is 19.0. The number of benzene rings is 1. The van der Waals surface area contributed by atoms with E-state index in [1.807, 2.05) is 60.0 Å². The van der Waals surface area contributed by atoms with E-state index in [2.05, 4.69) is 23.4 Å². The Balaban J connectivity index is 1.89. The molecule has 7 heteroatoms. The lowest BCUT2D eigenvalue weighted by Gasteiger charge is -2.12. The van der Waals surface area contributed by atoms with E-state index >= 15 is 0 Å². The summed E-state index contributed by atoms with van der Waals surface area (Å²) < 4.78 is 6.64. The molecule has 7 nitrogen and oxygen atoms in total. The zero-order chi connectivity index (χ0) is 20.7. The van der Waals surface area contributed by atoms with Crippen molar-refractivity contribution in [2.75, 3.05) is 0 Å². The molecule has 3 heterocycles. The third kappa shape index (κ3) is 3.03. The first-order valence-corrected chi connectivity index (χ1v) is 9.85. The molecule has 0 aliphatic heterocycles. The van der Waals surface area contributed by atoms with Gasteiger partial charge in [0.05, 0.1) is 0 Å². The molecule has 0 saturated carbocycles. The van der Waals surface area contributed by atoms with Gasteiger partial charge in [0, 0.05) is 31.5 Å². The van der Waals surface area contributed by atoms with Crippen LogP contribution in [-0.2, 0) is 13.6 Å². The van der Waals surface area contributed by atoms with Crippen molar-refractivity contribution in [1.29, 1.82) is 0 Å². The van der Waals surface area contributed by atoms with Crippen molar-refractivity contribution in [1.82, 2.24) is 23.1 Å². The number of aromatic nitrogens is 5. The highest BCUT2D eigenvalue weighted by Gasteiger charge is 2.21. The fourth-order valence-electron chi connectivity index (χ4n) is 3.77. The number of hydrogen-bond acceptors (Lipinski definition) is 3. The van der Waals surface area contributed by atoms with Crippen LogP contribution in [0.15, 0.2) is 52.2 Å². The first-order valence-electron chi connectivity index (χ1n) is 9.85. The maximum absolute atomic E-state index is 13.2. The Bertz CT molecular complexity index is 1340. The van der Waals surface area contributed by atoms with Crippen LogP contribution in [0.2, 0.25) is 0 Å². The summed E-state index contributed by atoms with van der Waals surface area (Å²) in [5.41, 5.74) is 2.21. The van der Waals surface area contributed by atoms with Gasteiger partial charge in [0.1, 0.15) is 0 Å². The van der Waals surface area contributed by atoms with Crippen LogP contribution in [0.4, 0.5) is 0 Å². The molecule has 0 N–H and O–H groups in total. The molecule has 0 bridgehead atoms. The van der Waals surface area contributed by atoms with E-state index in [0.717, 1.165) is 17.7 Å². The summed E-state index contributed by atoms with van der Waals surface area (Å²) >= 11 is 0. The van der Waals surface area contributed by atoms with Gasteiger partial charge in [-0.2, -0.15) is 4.98 Å². The van der Waals surface area contributed by atoms with Gasteiger partial charge in [-0.1, -0.05) is 49.4 Å². The van der Waals surface area contributed by atoms with E-state index < -0.39 is 0 Å². The standard InChI is InChI=1S/C22H25N5O2/c1-5-15(2)27-16(3)14-26-18-19(23-21(26)27)24(4)22(29)25(20(18)28)13-9-12-17-10-7-6-8-11-17/h6-12,14-15H,5,13H2,1-4H3/b12-9-/t15-/m0/s1. The van der Waals surface area contributed by atoms with Gasteiger partial charge in [-0.3, -0.25) is 18.3 Å². The third-order valence-electron chi connectivity index (χ3n) is 5.50. The molecule has 1 aromatic carbocycles. The maximum Gasteiger partial charge on any atom is 0.332 e. The number of nitrogens with zero attached hydrogens (tertiary/aromatic N) is 5. The van der Waals surface area contributed by atoms with E-state index in [1.54, 1.807) is 7.05 Å². The highest BCUT2D eigenvalue weighted by molar-refractivity contribution is 5.75. The zero-order valence-corrected chi connectivity index (χ0v) is 17.2. The molecule has 0 radical (unpaired) electrons. The van der Waals surface area contributed by atoms with Crippen LogP contribution in [0.5, 0.6) is 0 Å². The molecule has 4 rings (SSSR count). The van der Waals surface area contributed by atoms with E-state index in [4.69, 9.17) is 0 Å². The second-order valence-electron chi connectivity index (χ2n) is 7.42. The number of allylic oxidation sites excluding steroid dienone is 1. The number of rotatable bonds is 5. The topological polar surface area (TPSA) is 66.2 Å². The second kappa shape index (κ2) is 7.24. The Hall–Kier alpha value is -3.35. The molecule has 29 heavy (non-hydrogen) atoms. The number of imidazole rings is 2. The quantitative estimate of drug-likeness (QED) is 0.525. The lowest BCUT2D eigenvalue weighted by atomic mass is 10.2. The summed E-state index contributed by atoms with van der Waals surface area (Å²) in [7, 11) is 1.66. The van der Waals surface area contributed by atoms with Gasteiger partial charge < -0.3 is 4.57 Å². The Kier molecular flexibility index (Phi) is 4.74. The SMILES string of the molecule is CC[C@H](C)n1c(C)cn2c3c(=O)n(C/C=C\c4ccccc4)c(=O)n(C)c3nc12. The minimum absolute atomic E-state index is 0.203. The molecule has 0 spiro atoms. The average molecular weight is 391 g/mol. The predicted molar refractivity (Wildman–Crippen MR) is 115 cm³/mol. The van der Waals surface area contributed by atoms with Crippen LogP contribution in [0.3, 0.4) is 0 Å². The normalized spacial score (nSPS) is 13.1. The number of hydrogen-bond donors (Lipinski definition) is 0. The van der Waals surface area contributed by atoms with Crippen LogP contribution in [-0.4, -0.2) is 23.1 Å². The lowest BCUT2D eigenvalue weighted by Crippen LogP contribution is -2.39. The Morgan fingerprint density at radius 3 is 2.59 bits per heavy atom. The van der Waals surface area contributed by atoms with E-state index in [9.17, 15) is 9.59 Å². The molecule has 4 aromatic rings. The molecule has 0 amide bonds. The molecule has 0 fully saturated rings. The van der Waals surface area contributed by atoms with Crippen molar-refractivity contribution in [3.05, 3.63) is 74.7 Å². The molecular formula is C22H25N5O2. The van der Waals surface area contributed by atoms with Gasteiger partial charge in [-0.05, 0) is 25.8 Å².